The molecule has 0 aromatic rings. The predicted octanol–water partition coefficient (Wildman–Crippen LogP) is 2.52. The van der Waals surface area contributed by atoms with E-state index in [1.165, 1.54) is 19.3 Å². The largest absolute Gasteiger partial charge is 0.356 e. The van der Waals surface area contributed by atoms with Gasteiger partial charge in [0.2, 0.25) is 5.91 Å². The minimum Gasteiger partial charge on any atom is -0.356 e. The maximum atomic E-state index is 12.2. The van der Waals surface area contributed by atoms with Gasteiger partial charge in [-0.2, -0.15) is 0 Å². The number of amides is 1. The lowest BCUT2D eigenvalue weighted by Crippen LogP contribution is -2.72. The number of carbonyl (C=O) groups is 1. The molecule has 0 bridgehead atoms. The van der Waals surface area contributed by atoms with Crippen LogP contribution in [0, 0.1) is 5.41 Å². The van der Waals surface area contributed by atoms with Crippen molar-refractivity contribution in [2.75, 3.05) is 19.6 Å². The van der Waals surface area contributed by atoms with Crippen LogP contribution in [0.5, 0.6) is 0 Å². The number of rotatable bonds is 4. The minimum absolute atomic E-state index is 0.0462. The van der Waals surface area contributed by atoms with Gasteiger partial charge in [-0.1, -0.05) is 33.1 Å². The summed E-state index contributed by atoms with van der Waals surface area (Å²) in [5, 5.41) is 6.47. The Kier molecular flexibility index (Phi) is 5.58. The highest BCUT2D eigenvalue weighted by atomic mass is 16.1. The SMILES string of the molecule is CCNC(=NCC(=O)NC1CCCCC1)N1CC(C)(C)C1(C)C. The minimum atomic E-state index is 0.0462. The summed E-state index contributed by atoms with van der Waals surface area (Å²) in [5.74, 6) is 0.903. The topological polar surface area (TPSA) is 56.7 Å². The van der Waals surface area contributed by atoms with Gasteiger partial charge in [0.05, 0.1) is 0 Å². The maximum Gasteiger partial charge on any atom is 0.242 e. The summed E-state index contributed by atoms with van der Waals surface area (Å²) in [4.78, 5) is 19.0. The van der Waals surface area contributed by atoms with E-state index in [0.717, 1.165) is 31.9 Å². The molecule has 132 valence electrons. The lowest BCUT2D eigenvalue weighted by Gasteiger charge is -2.62. The summed E-state index contributed by atoms with van der Waals surface area (Å²) in [6.45, 7) is 13.1. The van der Waals surface area contributed by atoms with E-state index in [9.17, 15) is 4.79 Å². The molecule has 1 aliphatic carbocycles. The zero-order valence-corrected chi connectivity index (χ0v) is 15.5. The third kappa shape index (κ3) is 3.99. The Morgan fingerprint density at radius 1 is 1.17 bits per heavy atom. The van der Waals surface area contributed by atoms with E-state index < -0.39 is 0 Å². The Bertz CT molecular complexity index is 450. The molecule has 2 rings (SSSR count). The number of hydrogen-bond acceptors (Lipinski definition) is 2. The highest BCUT2D eigenvalue weighted by molar-refractivity contribution is 5.86. The fourth-order valence-corrected chi connectivity index (χ4v) is 3.46. The molecule has 1 saturated carbocycles. The van der Waals surface area contributed by atoms with Crippen molar-refractivity contribution >= 4 is 11.9 Å². The standard InChI is InChI=1S/C18H34N4O/c1-6-19-16(22-13-17(2,3)18(22,4)5)20-12-15(23)21-14-10-8-7-9-11-14/h14H,6-13H2,1-5H3,(H,19,20)(H,21,23). The Morgan fingerprint density at radius 2 is 1.83 bits per heavy atom. The Balaban J connectivity index is 1.92. The molecule has 0 aromatic carbocycles. The first kappa shape index (κ1) is 18.1. The zero-order valence-electron chi connectivity index (χ0n) is 15.5. The fourth-order valence-electron chi connectivity index (χ4n) is 3.46. The van der Waals surface area contributed by atoms with E-state index in [0.29, 0.717) is 6.04 Å². The highest BCUT2D eigenvalue weighted by Crippen LogP contribution is 2.46. The Morgan fingerprint density at radius 3 is 2.35 bits per heavy atom. The van der Waals surface area contributed by atoms with Crippen LogP contribution >= 0.6 is 0 Å². The summed E-state index contributed by atoms with van der Waals surface area (Å²) in [5.41, 5.74) is 0.307. The molecule has 1 aliphatic heterocycles. The van der Waals surface area contributed by atoms with Crippen LogP contribution in [0.25, 0.3) is 0 Å². The first-order valence-corrected chi connectivity index (χ1v) is 9.13. The molecule has 0 atom stereocenters. The van der Waals surface area contributed by atoms with Crippen molar-refractivity contribution in [2.45, 2.75) is 78.3 Å². The number of aliphatic imine (C=N–C) groups is 1. The normalized spacial score (nSPS) is 24.0. The second kappa shape index (κ2) is 7.10. The van der Waals surface area contributed by atoms with Crippen LogP contribution in [0.4, 0.5) is 0 Å². The first-order chi connectivity index (χ1) is 10.8. The molecule has 2 aliphatic rings. The summed E-state index contributed by atoms with van der Waals surface area (Å²) < 4.78 is 0. The number of guanidine groups is 1. The third-order valence-corrected chi connectivity index (χ3v) is 5.82. The maximum absolute atomic E-state index is 12.2. The number of hydrogen-bond donors (Lipinski definition) is 2. The van der Waals surface area contributed by atoms with Crippen molar-refractivity contribution in [2.24, 2.45) is 10.4 Å². The summed E-state index contributed by atoms with van der Waals surface area (Å²) >= 11 is 0. The second-order valence-electron chi connectivity index (χ2n) is 8.10. The van der Waals surface area contributed by atoms with Crippen LogP contribution in [0.3, 0.4) is 0 Å². The lowest BCUT2D eigenvalue weighted by molar-refractivity contribution is -0.120. The van der Waals surface area contributed by atoms with Gasteiger partial charge in [0.15, 0.2) is 5.96 Å². The summed E-state index contributed by atoms with van der Waals surface area (Å²) in [7, 11) is 0. The molecule has 23 heavy (non-hydrogen) atoms. The number of nitrogens with zero attached hydrogens (tertiary/aromatic N) is 2. The van der Waals surface area contributed by atoms with Crippen molar-refractivity contribution in [1.82, 2.24) is 15.5 Å². The van der Waals surface area contributed by atoms with Crippen LogP contribution < -0.4 is 10.6 Å². The first-order valence-electron chi connectivity index (χ1n) is 9.13. The molecule has 1 saturated heterocycles. The van der Waals surface area contributed by atoms with Gasteiger partial charge in [0.25, 0.3) is 0 Å². The van der Waals surface area contributed by atoms with Gasteiger partial charge in [0.1, 0.15) is 6.54 Å². The van der Waals surface area contributed by atoms with E-state index in [1.54, 1.807) is 0 Å². The quantitative estimate of drug-likeness (QED) is 0.618. The van der Waals surface area contributed by atoms with Gasteiger partial charge in [-0.25, -0.2) is 4.99 Å². The number of likely N-dealkylation sites (tertiary alicyclic amines) is 1. The van der Waals surface area contributed by atoms with Crippen molar-refractivity contribution in [3.05, 3.63) is 0 Å². The van der Waals surface area contributed by atoms with Crippen molar-refractivity contribution in [3.8, 4) is 0 Å². The molecular weight excluding hydrogens is 288 g/mol. The molecular formula is C18H34N4O. The lowest BCUT2D eigenvalue weighted by atomic mass is 9.65. The van der Waals surface area contributed by atoms with Gasteiger partial charge >= 0.3 is 0 Å². The van der Waals surface area contributed by atoms with Crippen LogP contribution in [0.1, 0.15) is 66.7 Å². The van der Waals surface area contributed by atoms with Gasteiger partial charge < -0.3 is 15.5 Å². The molecule has 0 unspecified atom stereocenters. The van der Waals surface area contributed by atoms with Crippen LogP contribution in [-0.4, -0.2) is 48.0 Å². The highest BCUT2D eigenvalue weighted by Gasteiger charge is 2.53. The Labute approximate surface area is 141 Å². The van der Waals surface area contributed by atoms with E-state index >= 15 is 0 Å². The molecule has 0 spiro atoms. The summed E-state index contributed by atoms with van der Waals surface area (Å²) in [6.07, 6.45) is 5.99. The van der Waals surface area contributed by atoms with Crippen molar-refractivity contribution < 1.29 is 4.79 Å². The zero-order chi connectivity index (χ0) is 17.1. The molecule has 0 aromatic heterocycles. The van der Waals surface area contributed by atoms with E-state index in [-0.39, 0.29) is 23.4 Å². The van der Waals surface area contributed by atoms with E-state index in [2.05, 4.69) is 55.1 Å². The molecule has 0 radical (unpaired) electrons. The number of carbonyl (C=O) groups excluding carboxylic acids is 1. The fraction of sp³-hybridized carbons (Fsp3) is 0.889. The van der Waals surface area contributed by atoms with Crippen molar-refractivity contribution in [3.63, 3.8) is 0 Å². The van der Waals surface area contributed by atoms with Gasteiger partial charge in [-0.3, -0.25) is 4.79 Å². The van der Waals surface area contributed by atoms with Crippen LogP contribution in [0.15, 0.2) is 4.99 Å². The van der Waals surface area contributed by atoms with Crippen LogP contribution in [0.2, 0.25) is 0 Å². The molecule has 2 N–H and O–H groups in total. The van der Waals surface area contributed by atoms with E-state index in [4.69, 9.17) is 0 Å². The molecule has 1 amide bonds. The average Bonchev–Trinajstić information content (AvgIpc) is 2.50. The van der Waals surface area contributed by atoms with Crippen molar-refractivity contribution in [1.29, 1.82) is 0 Å². The smallest absolute Gasteiger partial charge is 0.242 e. The molecule has 5 nitrogen and oxygen atoms in total. The van der Waals surface area contributed by atoms with E-state index in [1.807, 2.05) is 0 Å². The monoisotopic (exact) mass is 322 g/mol. The average molecular weight is 322 g/mol. The van der Waals surface area contributed by atoms with Gasteiger partial charge in [0, 0.05) is 30.1 Å². The third-order valence-electron chi connectivity index (χ3n) is 5.82. The van der Waals surface area contributed by atoms with Gasteiger partial charge in [-0.05, 0) is 33.6 Å². The Hall–Kier alpha value is -1.26. The molecule has 2 fully saturated rings. The van der Waals surface area contributed by atoms with Gasteiger partial charge in [-0.15, -0.1) is 0 Å². The summed E-state index contributed by atoms with van der Waals surface area (Å²) in [6, 6.07) is 0.355. The molecule has 1 heterocycles. The predicted molar refractivity (Wildman–Crippen MR) is 95.6 cm³/mol. The number of nitrogens with one attached hydrogen (secondary N) is 2. The van der Waals surface area contributed by atoms with Crippen LogP contribution in [-0.2, 0) is 4.79 Å². The second-order valence-corrected chi connectivity index (χ2v) is 8.10. The molecule has 5 heteroatoms.